The normalized spacial score (nSPS) is 11.2. The Balaban J connectivity index is 2.79. The molecule has 70 valence electrons. The number of nitrogens with zero attached hydrogens (tertiary/aromatic N) is 3. The number of oxime groups is 1. The summed E-state index contributed by atoms with van der Waals surface area (Å²) >= 11 is 0. The van der Waals surface area contributed by atoms with Gasteiger partial charge in [0.2, 0.25) is 0 Å². The molecule has 0 aliphatic heterocycles. The van der Waals surface area contributed by atoms with E-state index in [4.69, 9.17) is 5.21 Å². The predicted molar refractivity (Wildman–Crippen MR) is 53.7 cm³/mol. The number of hydrogen-bond donors (Lipinski definition) is 1. The van der Waals surface area contributed by atoms with E-state index in [2.05, 4.69) is 15.1 Å². The van der Waals surface area contributed by atoms with Crippen LogP contribution in [0.25, 0.3) is 10.9 Å². The van der Waals surface area contributed by atoms with Gasteiger partial charge < -0.3 is 5.21 Å². The van der Waals surface area contributed by atoms with Crippen molar-refractivity contribution in [3.05, 3.63) is 35.8 Å². The highest BCUT2D eigenvalue weighted by atomic mass is 16.4. The number of aromatic nitrogens is 2. The number of benzene rings is 1. The van der Waals surface area contributed by atoms with E-state index in [0.717, 1.165) is 10.9 Å². The zero-order valence-corrected chi connectivity index (χ0v) is 7.68. The van der Waals surface area contributed by atoms with Gasteiger partial charge in [-0.25, -0.2) is 9.97 Å². The van der Waals surface area contributed by atoms with Crippen molar-refractivity contribution >= 4 is 17.1 Å². The molecule has 4 heteroatoms. The van der Waals surface area contributed by atoms with E-state index >= 15 is 0 Å². The standard InChI is InChI=1S/C10H9N3O/c1-7-12-9-5-3-2-4-8(9)10(13-7)6-11-14/h2-6,14H,1H3/b11-6-. The first-order valence-corrected chi connectivity index (χ1v) is 4.22. The first-order valence-electron chi connectivity index (χ1n) is 4.22. The maximum atomic E-state index is 8.48. The van der Waals surface area contributed by atoms with Gasteiger partial charge in [-0.2, -0.15) is 0 Å². The molecule has 1 N–H and O–H groups in total. The average molecular weight is 187 g/mol. The first-order chi connectivity index (χ1) is 6.81. The second-order valence-electron chi connectivity index (χ2n) is 2.92. The van der Waals surface area contributed by atoms with Crippen molar-refractivity contribution in [1.29, 1.82) is 0 Å². The Labute approximate surface area is 80.9 Å². The molecule has 0 spiro atoms. The molecule has 1 heterocycles. The molecule has 0 saturated carbocycles. The summed E-state index contributed by atoms with van der Waals surface area (Å²) in [6.07, 6.45) is 1.32. The number of para-hydroxylation sites is 1. The van der Waals surface area contributed by atoms with Crippen LogP contribution >= 0.6 is 0 Å². The molecular weight excluding hydrogens is 178 g/mol. The van der Waals surface area contributed by atoms with Gasteiger partial charge in [0.25, 0.3) is 0 Å². The lowest BCUT2D eigenvalue weighted by Gasteiger charge is -2.01. The minimum atomic E-state index is 0.635. The third-order valence-electron chi connectivity index (χ3n) is 1.92. The fraction of sp³-hybridized carbons (Fsp3) is 0.100. The maximum absolute atomic E-state index is 8.48. The topological polar surface area (TPSA) is 58.4 Å². The summed E-state index contributed by atoms with van der Waals surface area (Å²) in [5.41, 5.74) is 1.49. The van der Waals surface area contributed by atoms with Crippen LogP contribution in [0.5, 0.6) is 0 Å². The lowest BCUT2D eigenvalue weighted by atomic mass is 10.2. The fourth-order valence-corrected chi connectivity index (χ4v) is 1.37. The summed E-state index contributed by atoms with van der Waals surface area (Å²) in [6.45, 7) is 1.81. The number of aryl methyl sites for hydroxylation is 1. The van der Waals surface area contributed by atoms with Crippen LogP contribution < -0.4 is 0 Å². The lowest BCUT2D eigenvalue weighted by Crippen LogP contribution is -1.96. The Morgan fingerprint density at radius 2 is 2.07 bits per heavy atom. The van der Waals surface area contributed by atoms with Crippen LogP contribution in [0.2, 0.25) is 0 Å². The van der Waals surface area contributed by atoms with Gasteiger partial charge in [0.1, 0.15) is 5.82 Å². The number of hydrogen-bond acceptors (Lipinski definition) is 4. The molecule has 0 unspecified atom stereocenters. The summed E-state index contributed by atoms with van der Waals surface area (Å²) in [6, 6.07) is 7.61. The van der Waals surface area contributed by atoms with Crippen LogP contribution in [-0.2, 0) is 0 Å². The predicted octanol–water partition coefficient (Wildman–Crippen LogP) is 1.75. The van der Waals surface area contributed by atoms with Gasteiger partial charge in [-0.3, -0.25) is 0 Å². The molecule has 1 aromatic heterocycles. The quantitative estimate of drug-likeness (QED) is 0.420. The van der Waals surface area contributed by atoms with Gasteiger partial charge in [-0.1, -0.05) is 23.4 Å². The molecule has 2 aromatic rings. The Hall–Kier alpha value is -1.97. The van der Waals surface area contributed by atoms with Crippen molar-refractivity contribution in [2.45, 2.75) is 6.92 Å². The van der Waals surface area contributed by atoms with Crippen LogP contribution in [0.3, 0.4) is 0 Å². The zero-order valence-electron chi connectivity index (χ0n) is 7.68. The summed E-state index contributed by atoms with van der Waals surface area (Å²) < 4.78 is 0. The van der Waals surface area contributed by atoms with Gasteiger partial charge in [-0.15, -0.1) is 0 Å². The molecule has 14 heavy (non-hydrogen) atoms. The number of rotatable bonds is 1. The van der Waals surface area contributed by atoms with E-state index in [1.165, 1.54) is 6.21 Å². The van der Waals surface area contributed by atoms with E-state index in [1.807, 2.05) is 24.3 Å². The lowest BCUT2D eigenvalue weighted by molar-refractivity contribution is 0.321. The van der Waals surface area contributed by atoms with Gasteiger partial charge in [0.15, 0.2) is 0 Å². The molecule has 0 fully saturated rings. The van der Waals surface area contributed by atoms with Crippen LogP contribution in [-0.4, -0.2) is 21.4 Å². The molecular formula is C10H9N3O. The smallest absolute Gasteiger partial charge is 0.126 e. The van der Waals surface area contributed by atoms with Crippen molar-refractivity contribution in [3.63, 3.8) is 0 Å². The Bertz CT molecular complexity index is 494. The Morgan fingerprint density at radius 1 is 1.29 bits per heavy atom. The minimum Gasteiger partial charge on any atom is -0.411 e. The van der Waals surface area contributed by atoms with Crippen molar-refractivity contribution in [2.75, 3.05) is 0 Å². The van der Waals surface area contributed by atoms with Crippen molar-refractivity contribution in [1.82, 2.24) is 9.97 Å². The molecule has 2 rings (SSSR count). The average Bonchev–Trinajstić information content (AvgIpc) is 2.18. The first kappa shape index (κ1) is 8.62. The van der Waals surface area contributed by atoms with E-state index < -0.39 is 0 Å². The van der Waals surface area contributed by atoms with E-state index in [1.54, 1.807) is 6.92 Å². The summed E-state index contributed by atoms with van der Waals surface area (Å²) in [5, 5.41) is 12.3. The largest absolute Gasteiger partial charge is 0.411 e. The Kier molecular flexibility index (Phi) is 2.10. The molecule has 0 aliphatic carbocycles. The third kappa shape index (κ3) is 1.42. The van der Waals surface area contributed by atoms with Gasteiger partial charge in [-0.05, 0) is 13.0 Å². The van der Waals surface area contributed by atoms with Gasteiger partial charge >= 0.3 is 0 Å². The second kappa shape index (κ2) is 3.41. The van der Waals surface area contributed by atoms with Crippen LogP contribution in [0.1, 0.15) is 11.5 Å². The zero-order chi connectivity index (χ0) is 9.97. The van der Waals surface area contributed by atoms with Gasteiger partial charge in [0.05, 0.1) is 17.4 Å². The molecule has 0 aliphatic rings. The monoisotopic (exact) mass is 187 g/mol. The second-order valence-corrected chi connectivity index (χ2v) is 2.92. The van der Waals surface area contributed by atoms with Crippen LogP contribution in [0, 0.1) is 6.92 Å². The number of fused-ring (bicyclic) bond motifs is 1. The highest BCUT2D eigenvalue weighted by Gasteiger charge is 2.02. The molecule has 0 saturated heterocycles. The van der Waals surface area contributed by atoms with Crippen LogP contribution in [0.15, 0.2) is 29.4 Å². The van der Waals surface area contributed by atoms with Gasteiger partial charge in [0, 0.05) is 5.39 Å². The van der Waals surface area contributed by atoms with Crippen molar-refractivity contribution < 1.29 is 5.21 Å². The Morgan fingerprint density at radius 3 is 2.86 bits per heavy atom. The molecule has 4 nitrogen and oxygen atoms in total. The highest BCUT2D eigenvalue weighted by molar-refractivity contribution is 5.95. The van der Waals surface area contributed by atoms with Crippen molar-refractivity contribution in [3.8, 4) is 0 Å². The molecule has 0 amide bonds. The highest BCUT2D eigenvalue weighted by Crippen LogP contribution is 2.13. The van der Waals surface area contributed by atoms with Crippen molar-refractivity contribution in [2.24, 2.45) is 5.16 Å². The molecule has 0 radical (unpaired) electrons. The molecule has 0 atom stereocenters. The maximum Gasteiger partial charge on any atom is 0.126 e. The SMILES string of the molecule is Cc1nc(/C=N\O)c2ccccc2n1. The fourth-order valence-electron chi connectivity index (χ4n) is 1.37. The van der Waals surface area contributed by atoms with E-state index in [-0.39, 0.29) is 0 Å². The summed E-state index contributed by atoms with van der Waals surface area (Å²) in [4.78, 5) is 8.43. The molecule has 0 bridgehead atoms. The molecule has 1 aromatic carbocycles. The summed E-state index contributed by atoms with van der Waals surface area (Å²) in [5.74, 6) is 0.665. The van der Waals surface area contributed by atoms with E-state index in [9.17, 15) is 0 Å². The summed E-state index contributed by atoms with van der Waals surface area (Å²) in [7, 11) is 0. The third-order valence-corrected chi connectivity index (χ3v) is 1.92. The van der Waals surface area contributed by atoms with Crippen LogP contribution in [0.4, 0.5) is 0 Å². The minimum absolute atomic E-state index is 0.635. The van der Waals surface area contributed by atoms with E-state index in [0.29, 0.717) is 11.5 Å².